The van der Waals surface area contributed by atoms with Crippen LogP contribution in [0.1, 0.15) is 20.8 Å². The van der Waals surface area contributed by atoms with E-state index < -0.39 is 5.41 Å². The summed E-state index contributed by atoms with van der Waals surface area (Å²) in [5, 5.41) is 3.09. The van der Waals surface area contributed by atoms with Crippen LogP contribution in [0.5, 0.6) is 0 Å². The number of rotatable bonds is 2. The fraction of sp³-hybridized carbons (Fsp3) is 0.235. The van der Waals surface area contributed by atoms with Crippen LogP contribution in [0.25, 0.3) is 22.3 Å². The van der Waals surface area contributed by atoms with E-state index in [0.717, 1.165) is 11.3 Å². The molecule has 3 aromatic rings. The Bertz CT molecular complexity index is 917. The van der Waals surface area contributed by atoms with E-state index >= 15 is 0 Å². The molecule has 3 rings (SSSR count). The molecule has 0 bridgehead atoms. The van der Waals surface area contributed by atoms with Crippen LogP contribution in [0.2, 0.25) is 0 Å². The summed E-state index contributed by atoms with van der Waals surface area (Å²) in [6, 6.07) is 11.4. The summed E-state index contributed by atoms with van der Waals surface area (Å²) in [7, 11) is 0. The Morgan fingerprint density at radius 2 is 1.83 bits per heavy atom. The minimum absolute atomic E-state index is 0.142. The molecule has 0 spiro atoms. The van der Waals surface area contributed by atoms with Crippen LogP contribution >= 0.6 is 0 Å². The molecule has 6 heteroatoms. The van der Waals surface area contributed by atoms with Gasteiger partial charge < -0.3 is 4.98 Å². The van der Waals surface area contributed by atoms with Gasteiger partial charge in [0.1, 0.15) is 5.65 Å². The van der Waals surface area contributed by atoms with E-state index in [-0.39, 0.29) is 17.4 Å². The van der Waals surface area contributed by atoms with Gasteiger partial charge >= 0.3 is 0 Å². The molecule has 0 saturated carbocycles. The van der Waals surface area contributed by atoms with Gasteiger partial charge in [-0.3, -0.25) is 19.9 Å². The lowest BCUT2D eigenvalue weighted by atomic mass is 9.96. The minimum atomic E-state index is -0.571. The van der Waals surface area contributed by atoms with Gasteiger partial charge in [0.25, 0.3) is 5.56 Å². The van der Waals surface area contributed by atoms with Gasteiger partial charge in [0.2, 0.25) is 11.9 Å². The van der Waals surface area contributed by atoms with Crippen molar-refractivity contribution in [2.24, 2.45) is 5.41 Å². The molecule has 0 radical (unpaired) electrons. The topological polar surface area (TPSA) is 90.6 Å². The number of carbonyl (C=O) groups is 1. The van der Waals surface area contributed by atoms with E-state index in [1.54, 1.807) is 26.8 Å². The fourth-order valence-corrected chi connectivity index (χ4v) is 2.15. The molecule has 0 atom stereocenters. The van der Waals surface area contributed by atoms with E-state index in [1.807, 2.05) is 30.3 Å². The van der Waals surface area contributed by atoms with Gasteiger partial charge in [0, 0.05) is 11.1 Å². The van der Waals surface area contributed by atoms with Crippen LogP contribution in [0.3, 0.4) is 0 Å². The number of nitrogens with one attached hydrogen (secondary N) is 3. The highest BCUT2D eigenvalue weighted by Gasteiger charge is 2.22. The first-order chi connectivity index (χ1) is 10.8. The number of aromatic nitrogens is 3. The maximum absolute atomic E-state index is 12.2. The van der Waals surface area contributed by atoms with Crippen LogP contribution in [-0.4, -0.2) is 20.9 Å². The Hall–Kier alpha value is -2.89. The molecular formula is C17H18N4O2. The number of amides is 1. The van der Waals surface area contributed by atoms with Crippen LogP contribution < -0.4 is 10.9 Å². The lowest BCUT2D eigenvalue weighted by molar-refractivity contribution is -0.123. The molecule has 0 fully saturated rings. The van der Waals surface area contributed by atoms with Gasteiger partial charge in [-0.05, 0) is 11.6 Å². The third-order valence-electron chi connectivity index (χ3n) is 3.49. The highest BCUT2D eigenvalue weighted by Crippen LogP contribution is 2.22. The molecule has 1 amide bonds. The van der Waals surface area contributed by atoms with Crippen molar-refractivity contribution >= 4 is 22.9 Å². The zero-order valence-electron chi connectivity index (χ0n) is 13.2. The summed E-state index contributed by atoms with van der Waals surface area (Å²) in [5.41, 5.74) is 1.34. The molecule has 0 unspecified atom stereocenters. The van der Waals surface area contributed by atoms with Crippen molar-refractivity contribution in [1.82, 2.24) is 15.0 Å². The predicted molar refractivity (Wildman–Crippen MR) is 90.2 cm³/mol. The molecule has 0 aliphatic rings. The Morgan fingerprint density at radius 3 is 2.48 bits per heavy atom. The third kappa shape index (κ3) is 3.01. The highest BCUT2D eigenvalue weighted by molar-refractivity contribution is 5.93. The lowest BCUT2D eigenvalue weighted by Gasteiger charge is -2.16. The highest BCUT2D eigenvalue weighted by atomic mass is 16.2. The number of hydrogen-bond acceptors (Lipinski definition) is 3. The Balaban J connectivity index is 2.02. The number of anilines is 1. The molecule has 1 aromatic carbocycles. The first-order valence-electron chi connectivity index (χ1n) is 7.34. The number of carbonyl (C=O) groups excluding carboxylic acids is 1. The summed E-state index contributed by atoms with van der Waals surface area (Å²) in [6.07, 6.45) is 0. The summed E-state index contributed by atoms with van der Waals surface area (Å²) >= 11 is 0. The van der Waals surface area contributed by atoms with Crippen molar-refractivity contribution in [3.05, 3.63) is 46.8 Å². The molecular weight excluding hydrogens is 292 g/mol. The minimum Gasteiger partial charge on any atom is -0.339 e. The first kappa shape index (κ1) is 15.0. The van der Waals surface area contributed by atoms with E-state index in [9.17, 15) is 9.59 Å². The number of fused-ring (bicyclic) bond motifs is 1. The van der Waals surface area contributed by atoms with Gasteiger partial charge in [-0.1, -0.05) is 51.1 Å². The number of nitrogens with zero attached hydrogens (tertiary/aromatic N) is 1. The van der Waals surface area contributed by atoms with E-state index in [4.69, 9.17) is 0 Å². The van der Waals surface area contributed by atoms with Crippen molar-refractivity contribution in [3.63, 3.8) is 0 Å². The molecule has 23 heavy (non-hydrogen) atoms. The van der Waals surface area contributed by atoms with Gasteiger partial charge in [-0.25, -0.2) is 0 Å². The second-order valence-corrected chi connectivity index (χ2v) is 6.43. The van der Waals surface area contributed by atoms with Crippen LogP contribution in [0.15, 0.2) is 41.2 Å². The standard InChI is InChI=1S/C17H18N4O2/c1-17(2,3)15(23)21-16-19-13-11(14(22)20-16)9-12(18-13)10-7-5-4-6-8-10/h4-9H,1-3H3,(H3,18,19,20,21,22,23). The monoisotopic (exact) mass is 310 g/mol. The molecule has 6 nitrogen and oxygen atoms in total. The maximum Gasteiger partial charge on any atom is 0.261 e. The summed E-state index contributed by atoms with van der Waals surface area (Å²) in [6.45, 7) is 5.38. The van der Waals surface area contributed by atoms with Crippen molar-refractivity contribution in [2.75, 3.05) is 5.32 Å². The zero-order valence-corrected chi connectivity index (χ0v) is 13.2. The molecule has 2 aromatic heterocycles. The molecule has 0 saturated heterocycles. The van der Waals surface area contributed by atoms with Gasteiger partial charge in [-0.15, -0.1) is 0 Å². The van der Waals surface area contributed by atoms with E-state index in [1.165, 1.54) is 0 Å². The van der Waals surface area contributed by atoms with Crippen molar-refractivity contribution in [1.29, 1.82) is 0 Å². The van der Waals surface area contributed by atoms with Crippen molar-refractivity contribution < 1.29 is 4.79 Å². The van der Waals surface area contributed by atoms with Crippen LogP contribution in [0, 0.1) is 5.41 Å². The molecule has 0 aliphatic heterocycles. The predicted octanol–water partition coefficient (Wildman–Crippen LogP) is 2.90. The van der Waals surface area contributed by atoms with E-state index in [0.29, 0.717) is 11.0 Å². The van der Waals surface area contributed by atoms with Crippen LogP contribution in [-0.2, 0) is 4.79 Å². The summed E-state index contributed by atoms with van der Waals surface area (Å²) < 4.78 is 0. The van der Waals surface area contributed by atoms with Gasteiger partial charge in [0.15, 0.2) is 0 Å². The molecule has 0 aliphatic carbocycles. The summed E-state index contributed by atoms with van der Waals surface area (Å²) in [5.74, 6) is -0.0706. The van der Waals surface area contributed by atoms with Gasteiger partial charge in [0.05, 0.1) is 5.39 Å². The largest absolute Gasteiger partial charge is 0.339 e. The Morgan fingerprint density at radius 1 is 1.13 bits per heavy atom. The second-order valence-electron chi connectivity index (χ2n) is 6.43. The van der Waals surface area contributed by atoms with E-state index in [2.05, 4.69) is 20.3 Å². The third-order valence-corrected chi connectivity index (χ3v) is 3.49. The lowest BCUT2D eigenvalue weighted by Crippen LogP contribution is -2.29. The average molecular weight is 310 g/mol. The quantitative estimate of drug-likeness (QED) is 0.679. The number of H-pyrrole nitrogens is 2. The number of hydrogen-bond donors (Lipinski definition) is 3. The molecule has 2 heterocycles. The van der Waals surface area contributed by atoms with Crippen molar-refractivity contribution in [3.8, 4) is 11.3 Å². The maximum atomic E-state index is 12.2. The summed E-state index contributed by atoms with van der Waals surface area (Å²) in [4.78, 5) is 34.2. The Labute approximate surface area is 133 Å². The first-order valence-corrected chi connectivity index (χ1v) is 7.34. The van der Waals surface area contributed by atoms with Crippen LogP contribution in [0.4, 0.5) is 5.95 Å². The molecule has 3 N–H and O–H groups in total. The number of benzene rings is 1. The second kappa shape index (κ2) is 5.39. The molecule has 118 valence electrons. The number of aromatic amines is 2. The average Bonchev–Trinajstić information content (AvgIpc) is 2.92. The van der Waals surface area contributed by atoms with Crippen molar-refractivity contribution in [2.45, 2.75) is 20.8 Å². The zero-order chi connectivity index (χ0) is 16.6. The van der Waals surface area contributed by atoms with Gasteiger partial charge in [-0.2, -0.15) is 4.98 Å². The Kier molecular flexibility index (Phi) is 3.52. The smallest absolute Gasteiger partial charge is 0.261 e. The fourth-order valence-electron chi connectivity index (χ4n) is 2.15. The normalized spacial score (nSPS) is 11.6. The SMILES string of the molecule is CC(C)(C)C(=O)Nc1nc2[nH]c(-c3ccccc3)cc2c(=O)[nH]1.